The third-order valence-electron chi connectivity index (χ3n) is 3.99. The van der Waals surface area contributed by atoms with Crippen LogP contribution < -0.4 is 10.5 Å². The molecule has 124 valence electrons. The number of piperidine rings is 1. The lowest BCUT2D eigenvalue weighted by molar-refractivity contribution is -0.139. The van der Waals surface area contributed by atoms with Gasteiger partial charge in [-0.2, -0.15) is 0 Å². The number of ether oxygens (including phenoxy) is 1. The molecule has 22 heavy (non-hydrogen) atoms. The normalized spacial score (nSPS) is 20.7. The Balaban J connectivity index is 0.00000242. The van der Waals surface area contributed by atoms with E-state index in [4.69, 9.17) is 10.5 Å². The second kappa shape index (κ2) is 8.75. The smallest absolute Gasteiger partial charge is 0.263 e. The van der Waals surface area contributed by atoms with Gasteiger partial charge in [-0.25, -0.2) is 0 Å². The predicted octanol–water partition coefficient (Wildman–Crippen LogP) is 3.22. The van der Waals surface area contributed by atoms with Crippen LogP contribution in [0.3, 0.4) is 0 Å². The Morgan fingerprint density at radius 1 is 1.36 bits per heavy atom. The van der Waals surface area contributed by atoms with Crippen LogP contribution in [0, 0.1) is 5.92 Å². The van der Waals surface area contributed by atoms with Crippen molar-refractivity contribution >= 4 is 34.2 Å². The number of carbonyl (C=O) groups excluding carboxylic acids is 1. The summed E-state index contributed by atoms with van der Waals surface area (Å²) < 4.78 is 6.73. The van der Waals surface area contributed by atoms with Crippen LogP contribution in [0.15, 0.2) is 28.7 Å². The molecule has 0 radical (unpaired) electrons. The Labute approximate surface area is 146 Å². The maximum absolute atomic E-state index is 12.5. The second-order valence-electron chi connectivity index (χ2n) is 5.76. The highest BCUT2D eigenvalue weighted by Crippen LogP contribution is 2.21. The van der Waals surface area contributed by atoms with E-state index in [2.05, 4.69) is 15.9 Å². The van der Waals surface area contributed by atoms with Crippen LogP contribution in [0.5, 0.6) is 5.75 Å². The summed E-state index contributed by atoms with van der Waals surface area (Å²) in [6.07, 6.45) is 1.64. The first kappa shape index (κ1) is 19.3. The highest BCUT2D eigenvalue weighted by atomic mass is 79.9. The number of hydrogen-bond acceptors (Lipinski definition) is 3. The molecule has 0 aromatic heterocycles. The predicted molar refractivity (Wildman–Crippen MR) is 94.4 cm³/mol. The van der Waals surface area contributed by atoms with Crippen molar-refractivity contribution in [1.29, 1.82) is 0 Å². The number of halogens is 2. The molecule has 0 bridgehead atoms. The Kier molecular flexibility index (Phi) is 7.66. The van der Waals surface area contributed by atoms with Crippen molar-refractivity contribution in [3.63, 3.8) is 0 Å². The van der Waals surface area contributed by atoms with Crippen LogP contribution in [-0.2, 0) is 4.79 Å². The lowest BCUT2D eigenvalue weighted by atomic mass is 9.92. The van der Waals surface area contributed by atoms with E-state index in [-0.39, 0.29) is 24.4 Å². The molecule has 1 aromatic carbocycles. The van der Waals surface area contributed by atoms with Crippen LogP contribution in [-0.4, -0.2) is 36.0 Å². The first-order valence-corrected chi connectivity index (χ1v) is 8.23. The largest absolute Gasteiger partial charge is 0.481 e. The van der Waals surface area contributed by atoms with Gasteiger partial charge in [-0.1, -0.05) is 15.9 Å². The molecule has 1 aliphatic heterocycles. The number of nitrogens with two attached hydrogens (primary N) is 1. The number of nitrogens with zero attached hydrogens (tertiary/aromatic N) is 1. The summed E-state index contributed by atoms with van der Waals surface area (Å²) in [6, 6.07) is 7.64. The molecule has 6 heteroatoms. The number of benzene rings is 1. The fourth-order valence-corrected chi connectivity index (χ4v) is 2.93. The van der Waals surface area contributed by atoms with Gasteiger partial charge >= 0.3 is 0 Å². The van der Waals surface area contributed by atoms with Crippen molar-refractivity contribution in [1.82, 2.24) is 4.90 Å². The van der Waals surface area contributed by atoms with Crippen molar-refractivity contribution in [2.75, 3.05) is 13.1 Å². The maximum Gasteiger partial charge on any atom is 0.263 e. The zero-order valence-corrected chi connectivity index (χ0v) is 15.4. The summed E-state index contributed by atoms with van der Waals surface area (Å²) in [5.74, 6) is 1.14. The number of hydrogen-bond donors (Lipinski definition) is 1. The number of likely N-dealkylation sites (tertiary alicyclic amines) is 1. The molecule has 1 amide bonds. The van der Waals surface area contributed by atoms with Crippen molar-refractivity contribution in [2.45, 2.75) is 38.8 Å². The van der Waals surface area contributed by atoms with E-state index in [1.165, 1.54) is 0 Å². The van der Waals surface area contributed by atoms with Crippen molar-refractivity contribution in [2.24, 2.45) is 11.7 Å². The highest BCUT2D eigenvalue weighted by Gasteiger charge is 2.29. The van der Waals surface area contributed by atoms with Gasteiger partial charge in [-0.15, -0.1) is 12.4 Å². The average molecular weight is 392 g/mol. The summed E-state index contributed by atoms with van der Waals surface area (Å²) in [5, 5.41) is 0. The molecule has 2 rings (SSSR count). The minimum Gasteiger partial charge on any atom is -0.481 e. The monoisotopic (exact) mass is 390 g/mol. The molecule has 4 nitrogen and oxygen atoms in total. The first-order valence-electron chi connectivity index (χ1n) is 7.44. The first-order chi connectivity index (χ1) is 9.97. The Morgan fingerprint density at radius 3 is 2.59 bits per heavy atom. The van der Waals surface area contributed by atoms with Gasteiger partial charge in [-0.05, 0) is 56.9 Å². The molecule has 1 aliphatic rings. The second-order valence-corrected chi connectivity index (χ2v) is 6.68. The van der Waals surface area contributed by atoms with Gasteiger partial charge in [0.15, 0.2) is 6.10 Å². The molecule has 2 N–H and O–H groups in total. The molecule has 3 atom stereocenters. The van der Waals surface area contributed by atoms with Crippen molar-refractivity contribution < 1.29 is 9.53 Å². The molecule has 0 spiro atoms. The van der Waals surface area contributed by atoms with Crippen LogP contribution in [0.25, 0.3) is 0 Å². The molecule has 1 aromatic rings. The molecule has 0 saturated carbocycles. The lowest BCUT2D eigenvalue weighted by Gasteiger charge is -2.35. The zero-order chi connectivity index (χ0) is 15.4. The highest BCUT2D eigenvalue weighted by molar-refractivity contribution is 9.10. The van der Waals surface area contributed by atoms with Crippen molar-refractivity contribution in [3.8, 4) is 5.75 Å². The molecule has 3 unspecified atom stereocenters. The maximum atomic E-state index is 12.5. The molecule has 1 heterocycles. The van der Waals surface area contributed by atoms with E-state index in [0.717, 1.165) is 30.4 Å². The van der Waals surface area contributed by atoms with Crippen LogP contribution >= 0.6 is 28.3 Å². The fraction of sp³-hybridized carbons (Fsp3) is 0.562. The number of rotatable bonds is 4. The summed E-state index contributed by atoms with van der Waals surface area (Å²) in [5.41, 5.74) is 5.97. The number of carbonyl (C=O) groups is 1. The SMILES string of the molecule is CC(Oc1ccc(Br)cc1)C(=O)N1CCCC(C(C)N)C1.Cl. The minimum absolute atomic E-state index is 0. The van der Waals surface area contributed by atoms with Gasteiger partial charge in [0, 0.05) is 23.6 Å². The summed E-state index contributed by atoms with van der Waals surface area (Å²) in [6.45, 7) is 5.36. The van der Waals surface area contributed by atoms with Gasteiger partial charge in [0.25, 0.3) is 5.91 Å². The van der Waals surface area contributed by atoms with Crippen molar-refractivity contribution in [3.05, 3.63) is 28.7 Å². The average Bonchev–Trinajstić information content (AvgIpc) is 2.49. The van der Waals surface area contributed by atoms with Gasteiger partial charge in [0.2, 0.25) is 0 Å². The zero-order valence-electron chi connectivity index (χ0n) is 13.0. The molecular weight excluding hydrogens is 368 g/mol. The Morgan fingerprint density at radius 2 is 2.00 bits per heavy atom. The Hall–Kier alpha value is -0.780. The Bertz CT molecular complexity index is 482. The quantitative estimate of drug-likeness (QED) is 0.857. The van der Waals surface area contributed by atoms with Crippen LogP contribution in [0.2, 0.25) is 0 Å². The van der Waals surface area contributed by atoms with E-state index in [1.807, 2.05) is 36.1 Å². The van der Waals surface area contributed by atoms with Gasteiger partial charge < -0.3 is 15.4 Å². The molecule has 1 fully saturated rings. The summed E-state index contributed by atoms with van der Waals surface area (Å²) in [4.78, 5) is 14.4. The fourth-order valence-electron chi connectivity index (χ4n) is 2.66. The molecule has 1 saturated heterocycles. The topological polar surface area (TPSA) is 55.6 Å². The van der Waals surface area contributed by atoms with Gasteiger partial charge in [0.05, 0.1) is 0 Å². The lowest BCUT2D eigenvalue weighted by Crippen LogP contribution is -2.48. The van der Waals surface area contributed by atoms with E-state index in [1.54, 1.807) is 6.92 Å². The van der Waals surface area contributed by atoms with Gasteiger partial charge in [-0.3, -0.25) is 4.79 Å². The molecule has 0 aliphatic carbocycles. The summed E-state index contributed by atoms with van der Waals surface area (Å²) >= 11 is 3.38. The van der Waals surface area contributed by atoms with Crippen LogP contribution in [0.1, 0.15) is 26.7 Å². The molecular formula is C16H24BrClN2O2. The number of amides is 1. The minimum atomic E-state index is -0.474. The third-order valence-corrected chi connectivity index (χ3v) is 4.52. The van der Waals surface area contributed by atoms with E-state index >= 15 is 0 Å². The van der Waals surface area contributed by atoms with Gasteiger partial charge in [0.1, 0.15) is 5.75 Å². The van der Waals surface area contributed by atoms with E-state index < -0.39 is 6.10 Å². The van der Waals surface area contributed by atoms with Crippen LogP contribution in [0.4, 0.5) is 0 Å². The summed E-state index contributed by atoms with van der Waals surface area (Å²) in [7, 11) is 0. The van der Waals surface area contributed by atoms with E-state index in [0.29, 0.717) is 11.7 Å². The third kappa shape index (κ3) is 5.14. The van der Waals surface area contributed by atoms with E-state index in [9.17, 15) is 4.79 Å². The standard InChI is InChI=1S/C16H23BrN2O2.ClH/c1-11(18)13-4-3-9-19(10-13)16(20)12(2)21-15-7-5-14(17)6-8-15;/h5-8,11-13H,3-4,9-10,18H2,1-2H3;1H.